The Morgan fingerprint density at radius 3 is 2.62 bits per heavy atom. The van der Waals surface area contributed by atoms with E-state index in [0.29, 0.717) is 12.0 Å². The lowest BCUT2D eigenvalue weighted by Gasteiger charge is -2.60. The Hall–Kier alpha value is -0.120. The first-order valence-corrected chi connectivity index (χ1v) is 5.05. The van der Waals surface area contributed by atoms with Crippen molar-refractivity contribution >= 4 is 0 Å². The summed E-state index contributed by atoms with van der Waals surface area (Å²) in [5.41, 5.74) is 0.656. The summed E-state index contributed by atoms with van der Waals surface area (Å²) in [6, 6.07) is 0. The lowest BCUT2D eigenvalue weighted by molar-refractivity contribution is -0.116. The van der Waals surface area contributed by atoms with Crippen LogP contribution in [0.5, 0.6) is 0 Å². The molecule has 3 rings (SSSR count). The Labute approximate surface area is 79.5 Å². The predicted octanol–water partition coefficient (Wildman–Crippen LogP) is 0.385. The molecule has 2 aliphatic heterocycles. The summed E-state index contributed by atoms with van der Waals surface area (Å²) < 4.78 is 5.11. The number of piperidine rings is 2. The second-order valence-electron chi connectivity index (χ2n) is 4.86. The van der Waals surface area contributed by atoms with Gasteiger partial charge in [0.1, 0.15) is 0 Å². The van der Waals surface area contributed by atoms with Gasteiger partial charge in [0.05, 0.1) is 0 Å². The average molecular weight is 185 g/mol. The number of ether oxygens (including phenoxy) is 1. The van der Waals surface area contributed by atoms with Crippen LogP contribution in [0.3, 0.4) is 0 Å². The molecular formula is C10H19NO2. The molecule has 13 heavy (non-hydrogen) atoms. The largest absolute Gasteiger partial charge is 0.396 e. The average Bonchev–Trinajstić information content (AvgIpc) is 2.14. The molecule has 0 amide bonds. The summed E-state index contributed by atoms with van der Waals surface area (Å²) in [4.78, 5) is 0. The zero-order valence-electron chi connectivity index (χ0n) is 8.31. The first kappa shape index (κ1) is 9.44. The van der Waals surface area contributed by atoms with Crippen molar-refractivity contribution in [2.45, 2.75) is 19.3 Å². The third kappa shape index (κ3) is 1.49. The summed E-state index contributed by atoms with van der Waals surface area (Å²) in [6.45, 7) is 3.30. The maximum atomic E-state index is 9.26. The standard InChI is InChI=1S/C10H19NO2/c1-13-3-2-9-4-10(5-9,8-12)7-11-6-9/h11-12H,2-8H2,1H3. The van der Waals surface area contributed by atoms with Crippen LogP contribution in [0.1, 0.15) is 19.3 Å². The van der Waals surface area contributed by atoms with Gasteiger partial charge in [-0.05, 0) is 24.7 Å². The van der Waals surface area contributed by atoms with E-state index in [1.165, 1.54) is 12.8 Å². The molecule has 76 valence electrons. The van der Waals surface area contributed by atoms with Crippen LogP contribution in [0.2, 0.25) is 0 Å². The van der Waals surface area contributed by atoms with Crippen molar-refractivity contribution in [3.8, 4) is 0 Å². The molecule has 2 N–H and O–H groups in total. The van der Waals surface area contributed by atoms with Crippen LogP contribution in [0.4, 0.5) is 0 Å². The molecule has 0 aromatic heterocycles. The van der Waals surface area contributed by atoms with Gasteiger partial charge in [-0.25, -0.2) is 0 Å². The summed E-state index contributed by atoms with van der Waals surface area (Å²) in [6.07, 6.45) is 3.51. The molecule has 1 aliphatic carbocycles. The number of fused-ring (bicyclic) bond motifs is 2. The van der Waals surface area contributed by atoms with E-state index in [9.17, 15) is 5.11 Å². The highest BCUT2D eigenvalue weighted by molar-refractivity contribution is 5.08. The van der Waals surface area contributed by atoms with Crippen molar-refractivity contribution in [3.63, 3.8) is 0 Å². The fraction of sp³-hybridized carbons (Fsp3) is 1.00. The molecule has 3 heteroatoms. The van der Waals surface area contributed by atoms with Gasteiger partial charge in [0, 0.05) is 38.8 Å². The van der Waals surface area contributed by atoms with Gasteiger partial charge in [0.25, 0.3) is 0 Å². The highest BCUT2D eigenvalue weighted by atomic mass is 16.5. The van der Waals surface area contributed by atoms with Crippen LogP contribution in [0.25, 0.3) is 0 Å². The monoisotopic (exact) mass is 185 g/mol. The van der Waals surface area contributed by atoms with Crippen molar-refractivity contribution in [2.24, 2.45) is 10.8 Å². The fourth-order valence-electron chi connectivity index (χ4n) is 3.13. The molecule has 0 spiro atoms. The van der Waals surface area contributed by atoms with Gasteiger partial charge in [-0.15, -0.1) is 0 Å². The summed E-state index contributed by atoms with van der Waals surface area (Å²) in [7, 11) is 1.75. The topological polar surface area (TPSA) is 41.5 Å². The van der Waals surface area contributed by atoms with Crippen LogP contribution in [0, 0.1) is 10.8 Å². The molecule has 0 atom stereocenters. The van der Waals surface area contributed by atoms with Crippen LogP contribution < -0.4 is 5.32 Å². The Kier molecular flexibility index (Phi) is 2.34. The number of hydrogen-bond acceptors (Lipinski definition) is 3. The second kappa shape index (κ2) is 3.23. The molecule has 2 heterocycles. The van der Waals surface area contributed by atoms with E-state index < -0.39 is 0 Å². The highest BCUT2D eigenvalue weighted by Crippen LogP contribution is 2.57. The molecule has 0 aromatic rings. The molecule has 2 saturated heterocycles. The van der Waals surface area contributed by atoms with E-state index in [-0.39, 0.29) is 5.41 Å². The molecule has 3 fully saturated rings. The third-order valence-electron chi connectivity index (χ3n) is 3.67. The summed E-state index contributed by atoms with van der Waals surface area (Å²) >= 11 is 0. The summed E-state index contributed by atoms with van der Waals surface area (Å²) in [5, 5.41) is 12.7. The Balaban J connectivity index is 1.90. The molecule has 2 bridgehead atoms. The molecule has 0 radical (unpaired) electrons. The predicted molar refractivity (Wildman–Crippen MR) is 50.5 cm³/mol. The van der Waals surface area contributed by atoms with Gasteiger partial charge in [-0.2, -0.15) is 0 Å². The molecule has 0 aromatic carbocycles. The van der Waals surface area contributed by atoms with Gasteiger partial charge >= 0.3 is 0 Å². The van der Waals surface area contributed by atoms with Gasteiger partial charge < -0.3 is 15.2 Å². The van der Waals surface area contributed by atoms with E-state index in [2.05, 4.69) is 5.32 Å². The normalized spacial score (nSPS) is 42.9. The number of aliphatic hydroxyl groups excluding tert-OH is 1. The SMILES string of the molecule is COCCC12CNCC(CO)(C1)C2. The molecule has 1 saturated carbocycles. The Bertz CT molecular complexity index is 187. The fourth-order valence-corrected chi connectivity index (χ4v) is 3.13. The first-order valence-electron chi connectivity index (χ1n) is 5.05. The van der Waals surface area contributed by atoms with Crippen molar-refractivity contribution in [1.82, 2.24) is 5.32 Å². The Morgan fingerprint density at radius 1 is 1.31 bits per heavy atom. The molecule has 3 nitrogen and oxygen atoms in total. The minimum atomic E-state index is 0.214. The third-order valence-corrected chi connectivity index (χ3v) is 3.67. The molecular weight excluding hydrogens is 166 g/mol. The van der Waals surface area contributed by atoms with E-state index in [1.807, 2.05) is 0 Å². The zero-order chi connectivity index (χ0) is 9.36. The number of aliphatic hydroxyl groups is 1. The van der Waals surface area contributed by atoms with Gasteiger partial charge in [-0.3, -0.25) is 0 Å². The van der Waals surface area contributed by atoms with E-state index in [0.717, 1.165) is 26.1 Å². The lowest BCUT2D eigenvalue weighted by Crippen LogP contribution is -2.63. The second-order valence-corrected chi connectivity index (χ2v) is 4.86. The van der Waals surface area contributed by atoms with Crippen LogP contribution in [-0.2, 0) is 4.74 Å². The van der Waals surface area contributed by atoms with Gasteiger partial charge in [-0.1, -0.05) is 0 Å². The van der Waals surface area contributed by atoms with E-state index in [4.69, 9.17) is 4.74 Å². The Morgan fingerprint density at radius 2 is 2.00 bits per heavy atom. The minimum Gasteiger partial charge on any atom is -0.396 e. The van der Waals surface area contributed by atoms with Gasteiger partial charge in [0.2, 0.25) is 0 Å². The van der Waals surface area contributed by atoms with Crippen molar-refractivity contribution in [2.75, 3.05) is 33.4 Å². The lowest BCUT2D eigenvalue weighted by atomic mass is 9.49. The maximum absolute atomic E-state index is 9.26. The van der Waals surface area contributed by atoms with E-state index in [1.54, 1.807) is 7.11 Å². The van der Waals surface area contributed by atoms with Crippen molar-refractivity contribution in [1.29, 1.82) is 0 Å². The van der Waals surface area contributed by atoms with Crippen LogP contribution >= 0.6 is 0 Å². The molecule has 3 aliphatic rings. The minimum absolute atomic E-state index is 0.214. The maximum Gasteiger partial charge on any atom is 0.0500 e. The number of methoxy groups -OCH3 is 1. The van der Waals surface area contributed by atoms with Gasteiger partial charge in [0.15, 0.2) is 0 Å². The number of nitrogens with one attached hydrogen (secondary N) is 1. The number of rotatable bonds is 4. The van der Waals surface area contributed by atoms with Crippen LogP contribution in [-0.4, -0.2) is 38.5 Å². The number of hydrogen-bond donors (Lipinski definition) is 2. The quantitative estimate of drug-likeness (QED) is 0.665. The van der Waals surface area contributed by atoms with Crippen LogP contribution in [0.15, 0.2) is 0 Å². The molecule has 0 unspecified atom stereocenters. The smallest absolute Gasteiger partial charge is 0.0500 e. The first-order chi connectivity index (χ1) is 6.24. The van der Waals surface area contributed by atoms with E-state index >= 15 is 0 Å². The highest BCUT2D eigenvalue weighted by Gasteiger charge is 2.56. The summed E-state index contributed by atoms with van der Waals surface area (Å²) in [5.74, 6) is 0. The van der Waals surface area contributed by atoms with Crippen molar-refractivity contribution in [3.05, 3.63) is 0 Å². The van der Waals surface area contributed by atoms with Crippen molar-refractivity contribution < 1.29 is 9.84 Å². The zero-order valence-corrected chi connectivity index (χ0v) is 8.31.